The van der Waals surface area contributed by atoms with Crippen LogP contribution < -0.4 is 10.6 Å². The van der Waals surface area contributed by atoms with Gasteiger partial charge in [-0.1, -0.05) is 18.2 Å². The van der Waals surface area contributed by atoms with Crippen LogP contribution in [0.1, 0.15) is 36.7 Å². The molecule has 2 aromatic carbocycles. The third-order valence-electron chi connectivity index (χ3n) is 5.46. The SMILES string of the molecule is CCN(CC)C(=O)c1ccc(NC(=O)CN2C(=O)NC(C)(c3ccccc3F)C2=O)cc1. The molecule has 0 bridgehead atoms. The van der Waals surface area contributed by atoms with Crippen molar-refractivity contribution in [1.82, 2.24) is 15.1 Å². The second kappa shape index (κ2) is 9.17. The number of rotatable bonds is 7. The number of nitrogens with zero attached hydrogens (tertiary/aromatic N) is 2. The maximum atomic E-state index is 14.2. The summed E-state index contributed by atoms with van der Waals surface area (Å²) in [6.07, 6.45) is 0. The summed E-state index contributed by atoms with van der Waals surface area (Å²) in [7, 11) is 0. The molecule has 1 aliphatic heterocycles. The molecule has 0 spiro atoms. The first-order valence-corrected chi connectivity index (χ1v) is 10.3. The van der Waals surface area contributed by atoms with E-state index in [1.807, 2.05) is 13.8 Å². The smallest absolute Gasteiger partial charge is 0.325 e. The molecule has 5 amide bonds. The fourth-order valence-corrected chi connectivity index (χ4v) is 3.62. The van der Waals surface area contributed by atoms with E-state index in [9.17, 15) is 23.6 Å². The number of benzene rings is 2. The lowest BCUT2D eigenvalue weighted by molar-refractivity contribution is -0.133. The highest BCUT2D eigenvalue weighted by atomic mass is 19.1. The van der Waals surface area contributed by atoms with Gasteiger partial charge < -0.3 is 15.5 Å². The highest BCUT2D eigenvalue weighted by Gasteiger charge is 2.50. The molecule has 1 unspecified atom stereocenters. The summed E-state index contributed by atoms with van der Waals surface area (Å²) in [5.74, 6) is -2.06. The molecule has 1 atom stereocenters. The van der Waals surface area contributed by atoms with E-state index in [2.05, 4.69) is 10.6 Å². The van der Waals surface area contributed by atoms with Gasteiger partial charge in [-0.25, -0.2) is 9.18 Å². The van der Waals surface area contributed by atoms with Crippen LogP contribution in [0.2, 0.25) is 0 Å². The number of amides is 5. The lowest BCUT2D eigenvalue weighted by Crippen LogP contribution is -2.42. The van der Waals surface area contributed by atoms with Crippen LogP contribution in [0, 0.1) is 5.82 Å². The van der Waals surface area contributed by atoms with Gasteiger partial charge in [0.25, 0.3) is 11.8 Å². The molecule has 1 saturated heterocycles. The van der Waals surface area contributed by atoms with E-state index in [1.165, 1.54) is 25.1 Å². The first-order valence-electron chi connectivity index (χ1n) is 10.3. The molecule has 1 heterocycles. The maximum Gasteiger partial charge on any atom is 0.325 e. The van der Waals surface area contributed by atoms with Crippen LogP contribution >= 0.6 is 0 Å². The van der Waals surface area contributed by atoms with Crippen molar-refractivity contribution in [2.45, 2.75) is 26.3 Å². The van der Waals surface area contributed by atoms with Crippen LogP contribution in [0.15, 0.2) is 48.5 Å². The van der Waals surface area contributed by atoms with Crippen LogP contribution in [0.3, 0.4) is 0 Å². The van der Waals surface area contributed by atoms with Gasteiger partial charge >= 0.3 is 6.03 Å². The number of hydrogen-bond donors (Lipinski definition) is 2. The van der Waals surface area contributed by atoms with Crippen molar-refractivity contribution in [2.75, 3.05) is 25.0 Å². The number of anilines is 1. The maximum absolute atomic E-state index is 14.2. The van der Waals surface area contributed by atoms with E-state index in [-0.39, 0.29) is 11.5 Å². The number of carbonyl (C=O) groups excluding carboxylic acids is 4. The highest BCUT2D eigenvalue weighted by molar-refractivity contribution is 6.10. The van der Waals surface area contributed by atoms with Crippen LogP contribution in [0.25, 0.3) is 0 Å². The van der Waals surface area contributed by atoms with Crippen LogP contribution in [0.5, 0.6) is 0 Å². The molecule has 168 valence electrons. The van der Waals surface area contributed by atoms with Crippen molar-refractivity contribution in [1.29, 1.82) is 0 Å². The Morgan fingerprint density at radius 1 is 1.06 bits per heavy atom. The summed E-state index contributed by atoms with van der Waals surface area (Å²) in [6, 6.07) is 11.2. The van der Waals surface area contributed by atoms with Gasteiger partial charge in [-0.05, 0) is 51.1 Å². The van der Waals surface area contributed by atoms with Gasteiger partial charge in [-0.15, -0.1) is 0 Å². The average Bonchev–Trinajstić information content (AvgIpc) is 2.99. The number of hydrogen-bond acceptors (Lipinski definition) is 4. The fraction of sp³-hybridized carbons (Fsp3) is 0.304. The number of urea groups is 1. The zero-order valence-corrected chi connectivity index (χ0v) is 18.1. The molecule has 2 N–H and O–H groups in total. The molecule has 1 fully saturated rings. The number of nitrogens with one attached hydrogen (secondary N) is 2. The zero-order valence-electron chi connectivity index (χ0n) is 18.1. The first kappa shape index (κ1) is 22.9. The van der Waals surface area contributed by atoms with Crippen LogP contribution in [-0.4, -0.2) is 53.2 Å². The van der Waals surface area contributed by atoms with Crippen molar-refractivity contribution in [3.8, 4) is 0 Å². The summed E-state index contributed by atoms with van der Waals surface area (Å²) in [6.45, 7) is 5.83. The second-order valence-corrected chi connectivity index (χ2v) is 7.53. The lowest BCUT2D eigenvalue weighted by Gasteiger charge is -2.22. The van der Waals surface area contributed by atoms with Gasteiger partial charge in [0.05, 0.1) is 0 Å². The standard InChI is InChI=1S/C23H25FN4O4/c1-4-27(5-2)20(30)15-10-12-16(13-11-15)25-19(29)14-28-21(31)23(3,26-22(28)32)17-8-6-7-9-18(17)24/h6-13H,4-5,14H2,1-3H3,(H,25,29)(H,26,32). The Morgan fingerprint density at radius 3 is 2.28 bits per heavy atom. The molecular weight excluding hydrogens is 415 g/mol. The molecule has 0 aliphatic carbocycles. The second-order valence-electron chi connectivity index (χ2n) is 7.53. The molecule has 2 aromatic rings. The Kier molecular flexibility index (Phi) is 6.57. The molecule has 8 nitrogen and oxygen atoms in total. The van der Waals surface area contributed by atoms with E-state index < -0.39 is 35.7 Å². The van der Waals surface area contributed by atoms with E-state index in [0.29, 0.717) is 24.3 Å². The van der Waals surface area contributed by atoms with Gasteiger partial charge in [0.15, 0.2) is 0 Å². The van der Waals surface area contributed by atoms with Gasteiger partial charge in [0, 0.05) is 29.9 Å². The normalized spacial score (nSPS) is 17.8. The van der Waals surface area contributed by atoms with Gasteiger partial charge in [-0.3, -0.25) is 19.3 Å². The van der Waals surface area contributed by atoms with Crippen molar-refractivity contribution in [3.63, 3.8) is 0 Å². The summed E-state index contributed by atoms with van der Waals surface area (Å²) < 4.78 is 14.2. The Bertz CT molecular complexity index is 1050. The number of halogens is 1. The molecule has 0 aromatic heterocycles. The molecule has 9 heteroatoms. The molecular formula is C23H25FN4O4. The lowest BCUT2D eigenvalue weighted by atomic mass is 9.91. The summed E-state index contributed by atoms with van der Waals surface area (Å²) >= 11 is 0. The minimum absolute atomic E-state index is 0.0229. The Hall–Kier alpha value is -3.75. The van der Waals surface area contributed by atoms with E-state index in [0.717, 1.165) is 4.90 Å². The van der Waals surface area contributed by atoms with Gasteiger partial charge in [-0.2, -0.15) is 0 Å². The van der Waals surface area contributed by atoms with Gasteiger partial charge in [0.2, 0.25) is 5.91 Å². The van der Waals surface area contributed by atoms with Crippen molar-refractivity contribution < 1.29 is 23.6 Å². The zero-order chi connectivity index (χ0) is 23.5. The fourth-order valence-electron chi connectivity index (χ4n) is 3.62. The third-order valence-corrected chi connectivity index (χ3v) is 5.46. The third kappa shape index (κ3) is 4.32. The largest absolute Gasteiger partial charge is 0.339 e. The quantitative estimate of drug-likeness (QED) is 0.647. The molecule has 3 rings (SSSR count). The minimum Gasteiger partial charge on any atom is -0.339 e. The van der Waals surface area contributed by atoms with Crippen molar-refractivity contribution in [2.24, 2.45) is 0 Å². The summed E-state index contributed by atoms with van der Waals surface area (Å²) in [5, 5.41) is 5.07. The average molecular weight is 440 g/mol. The van der Waals surface area contributed by atoms with E-state index in [1.54, 1.807) is 35.2 Å². The molecule has 32 heavy (non-hydrogen) atoms. The topological polar surface area (TPSA) is 98.8 Å². The van der Waals surface area contributed by atoms with Gasteiger partial charge in [0.1, 0.15) is 17.9 Å². The molecule has 1 aliphatic rings. The monoisotopic (exact) mass is 440 g/mol. The van der Waals surface area contributed by atoms with E-state index >= 15 is 0 Å². The van der Waals surface area contributed by atoms with Crippen molar-refractivity contribution >= 4 is 29.4 Å². The molecule has 0 radical (unpaired) electrons. The van der Waals surface area contributed by atoms with Crippen LogP contribution in [0.4, 0.5) is 14.9 Å². The summed E-state index contributed by atoms with van der Waals surface area (Å²) in [5.41, 5.74) is -0.680. The van der Waals surface area contributed by atoms with Crippen molar-refractivity contribution in [3.05, 3.63) is 65.5 Å². The Labute approximate surface area is 185 Å². The predicted molar refractivity (Wildman–Crippen MR) is 116 cm³/mol. The first-order chi connectivity index (χ1) is 15.2. The van der Waals surface area contributed by atoms with Crippen LogP contribution in [-0.2, 0) is 15.1 Å². The summed E-state index contributed by atoms with van der Waals surface area (Å²) in [4.78, 5) is 52.5. The van der Waals surface area contributed by atoms with E-state index in [4.69, 9.17) is 0 Å². The number of imide groups is 1. The Balaban J connectivity index is 1.67. The molecule has 0 saturated carbocycles. The Morgan fingerprint density at radius 2 is 1.69 bits per heavy atom. The predicted octanol–water partition coefficient (Wildman–Crippen LogP) is 2.71. The highest BCUT2D eigenvalue weighted by Crippen LogP contribution is 2.30. The number of carbonyl (C=O) groups is 4. The minimum atomic E-state index is -1.60.